The average molecular weight is 298 g/mol. The van der Waals surface area contributed by atoms with Gasteiger partial charge in [-0.3, -0.25) is 4.79 Å². The van der Waals surface area contributed by atoms with Gasteiger partial charge in [-0.2, -0.15) is 0 Å². The average Bonchev–Trinajstić information content (AvgIpc) is 2.46. The van der Waals surface area contributed by atoms with Crippen molar-refractivity contribution < 1.29 is 14.7 Å². The van der Waals surface area contributed by atoms with Crippen LogP contribution < -0.4 is 5.32 Å². The molecule has 2 atom stereocenters. The van der Waals surface area contributed by atoms with E-state index in [0.717, 1.165) is 25.7 Å². The first-order chi connectivity index (χ1) is 9.91. The number of urea groups is 1. The third-order valence-corrected chi connectivity index (χ3v) is 4.51. The molecule has 0 radical (unpaired) electrons. The Morgan fingerprint density at radius 2 is 1.81 bits per heavy atom. The predicted molar refractivity (Wildman–Crippen MR) is 83.3 cm³/mol. The van der Waals surface area contributed by atoms with Gasteiger partial charge in [0.25, 0.3) is 0 Å². The molecule has 1 aliphatic carbocycles. The molecule has 5 nitrogen and oxygen atoms in total. The summed E-state index contributed by atoms with van der Waals surface area (Å²) in [5.74, 6) is -1.05. The Balaban J connectivity index is 2.24. The lowest BCUT2D eigenvalue weighted by Crippen LogP contribution is -2.47. The second kappa shape index (κ2) is 8.90. The number of amides is 2. The summed E-state index contributed by atoms with van der Waals surface area (Å²) in [6.45, 7) is 3.71. The fraction of sp³-hybridized carbons (Fsp3) is 0.875. The van der Waals surface area contributed by atoms with Crippen LogP contribution in [0, 0.1) is 5.92 Å². The Morgan fingerprint density at radius 3 is 2.38 bits per heavy atom. The van der Waals surface area contributed by atoms with Crippen molar-refractivity contribution in [2.75, 3.05) is 7.05 Å². The minimum Gasteiger partial charge on any atom is -0.481 e. The largest absolute Gasteiger partial charge is 0.481 e. The van der Waals surface area contributed by atoms with E-state index in [2.05, 4.69) is 5.32 Å². The first kappa shape index (κ1) is 17.8. The highest BCUT2D eigenvalue weighted by Gasteiger charge is 2.22. The van der Waals surface area contributed by atoms with Crippen LogP contribution in [0.4, 0.5) is 4.79 Å². The molecule has 0 spiro atoms. The van der Waals surface area contributed by atoms with Crippen LogP contribution in [0.1, 0.15) is 65.2 Å². The van der Waals surface area contributed by atoms with Crippen molar-refractivity contribution in [2.45, 2.75) is 77.3 Å². The van der Waals surface area contributed by atoms with E-state index in [1.54, 1.807) is 6.92 Å². The number of carbonyl (C=O) groups excluding carboxylic acids is 1. The lowest BCUT2D eigenvalue weighted by Gasteiger charge is -2.32. The Labute approximate surface area is 128 Å². The molecule has 1 aliphatic rings. The molecule has 0 aromatic heterocycles. The van der Waals surface area contributed by atoms with Gasteiger partial charge in [-0.05, 0) is 32.6 Å². The van der Waals surface area contributed by atoms with Crippen molar-refractivity contribution in [3.63, 3.8) is 0 Å². The van der Waals surface area contributed by atoms with E-state index in [0.29, 0.717) is 12.5 Å². The highest BCUT2D eigenvalue weighted by Crippen LogP contribution is 2.21. The number of nitrogens with zero attached hydrogens (tertiary/aromatic N) is 1. The number of nitrogens with one attached hydrogen (secondary N) is 1. The summed E-state index contributed by atoms with van der Waals surface area (Å²) < 4.78 is 0. The van der Waals surface area contributed by atoms with Crippen LogP contribution in [0.2, 0.25) is 0 Å². The summed E-state index contributed by atoms with van der Waals surface area (Å²) in [5.41, 5.74) is 0. The summed E-state index contributed by atoms with van der Waals surface area (Å²) in [4.78, 5) is 24.8. The maximum atomic E-state index is 12.2. The maximum Gasteiger partial charge on any atom is 0.317 e. The Bertz CT molecular complexity index is 340. The third kappa shape index (κ3) is 6.36. The van der Waals surface area contributed by atoms with Gasteiger partial charge in [0.1, 0.15) is 0 Å². The zero-order valence-corrected chi connectivity index (χ0v) is 13.6. The highest BCUT2D eigenvalue weighted by atomic mass is 16.4. The third-order valence-electron chi connectivity index (χ3n) is 4.51. The van der Waals surface area contributed by atoms with E-state index in [9.17, 15) is 9.59 Å². The van der Waals surface area contributed by atoms with Crippen LogP contribution >= 0.6 is 0 Å². The molecular formula is C16H30N2O3. The van der Waals surface area contributed by atoms with Crippen molar-refractivity contribution in [2.24, 2.45) is 5.92 Å². The van der Waals surface area contributed by atoms with Crippen molar-refractivity contribution in [1.82, 2.24) is 10.2 Å². The molecule has 1 rings (SSSR count). The van der Waals surface area contributed by atoms with Gasteiger partial charge in [0.15, 0.2) is 0 Å². The minimum absolute atomic E-state index is 0.000632. The number of carboxylic acids is 1. The molecule has 0 aromatic carbocycles. The van der Waals surface area contributed by atoms with Gasteiger partial charge in [-0.1, -0.05) is 32.6 Å². The molecule has 1 fully saturated rings. The fourth-order valence-corrected chi connectivity index (χ4v) is 2.87. The Morgan fingerprint density at radius 1 is 1.19 bits per heavy atom. The van der Waals surface area contributed by atoms with Gasteiger partial charge in [0, 0.05) is 19.1 Å². The quantitative estimate of drug-likeness (QED) is 0.758. The van der Waals surface area contributed by atoms with Crippen LogP contribution in [-0.2, 0) is 4.79 Å². The molecule has 0 aromatic rings. The zero-order valence-electron chi connectivity index (χ0n) is 13.6. The van der Waals surface area contributed by atoms with Gasteiger partial charge in [-0.15, -0.1) is 0 Å². The zero-order chi connectivity index (χ0) is 15.8. The van der Waals surface area contributed by atoms with Crippen molar-refractivity contribution in [3.05, 3.63) is 0 Å². The molecule has 2 unspecified atom stereocenters. The number of rotatable bonds is 7. The second-order valence-corrected chi connectivity index (χ2v) is 6.42. The second-order valence-electron chi connectivity index (χ2n) is 6.42. The Kier molecular flexibility index (Phi) is 7.54. The van der Waals surface area contributed by atoms with E-state index in [-0.39, 0.29) is 18.0 Å². The van der Waals surface area contributed by atoms with E-state index >= 15 is 0 Å². The van der Waals surface area contributed by atoms with Crippen LogP contribution in [0.5, 0.6) is 0 Å². The monoisotopic (exact) mass is 298 g/mol. The van der Waals surface area contributed by atoms with E-state index in [4.69, 9.17) is 5.11 Å². The van der Waals surface area contributed by atoms with Crippen molar-refractivity contribution in [3.8, 4) is 0 Å². The van der Waals surface area contributed by atoms with Gasteiger partial charge >= 0.3 is 12.0 Å². The maximum absolute atomic E-state index is 12.2. The SMILES string of the molecule is CC(CCCC(C)C(=O)O)NC(=O)N(C)C1CCCCC1. The number of hydrogen-bond acceptors (Lipinski definition) is 2. The summed E-state index contributed by atoms with van der Waals surface area (Å²) >= 11 is 0. The topological polar surface area (TPSA) is 69.6 Å². The summed E-state index contributed by atoms with van der Waals surface area (Å²) in [6.07, 6.45) is 8.22. The molecule has 2 amide bonds. The number of aliphatic carboxylic acids is 1. The number of carboxylic acid groups (broad SMARTS) is 1. The molecular weight excluding hydrogens is 268 g/mol. The first-order valence-electron chi connectivity index (χ1n) is 8.18. The predicted octanol–water partition coefficient (Wildman–Crippen LogP) is 3.24. The summed E-state index contributed by atoms with van der Waals surface area (Å²) in [7, 11) is 1.88. The van der Waals surface area contributed by atoms with Gasteiger partial charge in [0.2, 0.25) is 0 Å². The lowest BCUT2D eigenvalue weighted by atomic mass is 9.95. The summed E-state index contributed by atoms with van der Waals surface area (Å²) in [6, 6.07) is 0.461. The van der Waals surface area contributed by atoms with E-state index in [1.165, 1.54) is 19.3 Å². The van der Waals surface area contributed by atoms with E-state index in [1.807, 2.05) is 18.9 Å². The molecule has 0 heterocycles. The van der Waals surface area contributed by atoms with Crippen molar-refractivity contribution in [1.29, 1.82) is 0 Å². The van der Waals surface area contributed by atoms with Gasteiger partial charge < -0.3 is 15.3 Å². The highest BCUT2D eigenvalue weighted by molar-refractivity contribution is 5.74. The molecule has 21 heavy (non-hydrogen) atoms. The molecule has 0 bridgehead atoms. The fourth-order valence-electron chi connectivity index (χ4n) is 2.87. The van der Waals surface area contributed by atoms with Gasteiger partial charge in [-0.25, -0.2) is 4.79 Å². The smallest absolute Gasteiger partial charge is 0.317 e. The Hall–Kier alpha value is -1.26. The molecule has 5 heteroatoms. The molecule has 2 N–H and O–H groups in total. The molecule has 0 saturated heterocycles. The first-order valence-corrected chi connectivity index (χ1v) is 8.18. The molecule has 0 aliphatic heterocycles. The summed E-state index contributed by atoms with van der Waals surface area (Å²) in [5, 5.41) is 11.9. The number of carbonyl (C=O) groups is 2. The van der Waals surface area contributed by atoms with Gasteiger partial charge in [0.05, 0.1) is 5.92 Å². The van der Waals surface area contributed by atoms with Crippen LogP contribution in [0.25, 0.3) is 0 Å². The van der Waals surface area contributed by atoms with Crippen LogP contribution in [0.15, 0.2) is 0 Å². The molecule has 1 saturated carbocycles. The normalized spacial score (nSPS) is 18.8. The minimum atomic E-state index is -0.747. The molecule has 122 valence electrons. The number of hydrogen-bond donors (Lipinski definition) is 2. The van der Waals surface area contributed by atoms with Crippen LogP contribution in [0.3, 0.4) is 0 Å². The van der Waals surface area contributed by atoms with E-state index < -0.39 is 5.97 Å². The standard InChI is InChI=1S/C16H30N2O3/c1-12(15(19)20)8-7-9-13(2)17-16(21)18(3)14-10-5-4-6-11-14/h12-14H,4-11H2,1-3H3,(H,17,21)(H,19,20). The van der Waals surface area contributed by atoms with Crippen molar-refractivity contribution >= 4 is 12.0 Å². The van der Waals surface area contributed by atoms with Crippen LogP contribution in [-0.4, -0.2) is 41.1 Å². The lowest BCUT2D eigenvalue weighted by molar-refractivity contribution is -0.141.